The predicted molar refractivity (Wildman–Crippen MR) is 78.2 cm³/mol. The van der Waals surface area contributed by atoms with Crippen LogP contribution in [0, 0.1) is 11.6 Å². The maximum Gasteiger partial charge on any atom is 0.175 e. The summed E-state index contributed by atoms with van der Waals surface area (Å²) in [5.74, 6) is -1.06. The van der Waals surface area contributed by atoms with Crippen LogP contribution in [-0.2, 0) is 6.42 Å². The highest BCUT2D eigenvalue weighted by Crippen LogP contribution is 2.29. The van der Waals surface area contributed by atoms with Gasteiger partial charge in [-0.05, 0) is 49.8 Å². The van der Waals surface area contributed by atoms with Crippen molar-refractivity contribution in [3.05, 3.63) is 53.6 Å². The molecule has 0 aromatic heterocycles. The van der Waals surface area contributed by atoms with Gasteiger partial charge in [0, 0.05) is 0 Å². The van der Waals surface area contributed by atoms with E-state index in [1.54, 1.807) is 19.1 Å². The van der Waals surface area contributed by atoms with Crippen molar-refractivity contribution in [2.75, 3.05) is 6.61 Å². The van der Waals surface area contributed by atoms with E-state index in [1.165, 1.54) is 6.07 Å². The van der Waals surface area contributed by atoms with E-state index in [2.05, 4.69) is 0 Å². The molecule has 0 atom stereocenters. The molecular weight excluding hydrogens is 258 g/mol. The van der Waals surface area contributed by atoms with Crippen molar-refractivity contribution in [2.45, 2.75) is 26.7 Å². The van der Waals surface area contributed by atoms with Gasteiger partial charge in [0.2, 0.25) is 0 Å². The Labute approximate surface area is 117 Å². The molecule has 2 rings (SSSR count). The number of fused-ring (bicyclic) bond motifs is 1. The molecule has 0 heterocycles. The van der Waals surface area contributed by atoms with E-state index in [4.69, 9.17) is 4.74 Å². The summed E-state index contributed by atoms with van der Waals surface area (Å²) in [4.78, 5) is 0. The monoisotopic (exact) mass is 276 g/mol. The van der Waals surface area contributed by atoms with Crippen molar-refractivity contribution >= 4 is 10.8 Å². The van der Waals surface area contributed by atoms with Crippen LogP contribution in [0.15, 0.2) is 36.4 Å². The first-order valence-corrected chi connectivity index (χ1v) is 6.82. The highest BCUT2D eigenvalue weighted by atomic mass is 19.1. The van der Waals surface area contributed by atoms with Crippen molar-refractivity contribution in [3.63, 3.8) is 0 Å². The molecule has 3 heteroatoms. The van der Waals surface area contributed by atoms with E-state index in [0.717, 1.165) is 18.4 Å². The highest BCUT2D eigenvalue weighted by molar-refractivity contribution is 5.86. The van der Waals surface area contributed by atoms with Gasteiger partial charge < -0.3 is 4.74 Å². The summed E-state index contributed by atoms with van der Waals surface area (Å²) in [6.07, 6.45) is 5.58. The largest absolute Gasteiger partial charge is 0.491 e. The first kappa shape index (κ1) is 14.5. The minimum absolute atomic E-state index is 0.00531. The summed E-state index contributed by atoms with van der Waals surface area (Å²) < 4.78 is 33.5. The fourth-order valence-electron chi connectivity index (χ4n) is 2.24. The molecule has 2 aromatic rings. The van der Waals surface area contributed by atoms with E-state index >= 15 is 0 Å². The number of halogens is 2. The topological polar surface area (TPSA) is 9.23 Å². The van der Waals surface area contributed by atoms with Gasteiger partial charge in [-0.15, -0.1) is 0 Å². The highest BCUT2D eigenvalue weighted by Gasteiger charge is 2.13. The third-order valence-corrected chi connectivity index (χ3v) is 3.17. The van der Waals surface area contributed by atoms with Gasteiger partial charge in [0.05, 0.1) is 12.0 Å². The number of hydrogen-bond acceptors (Lipinski definition) is 1. The number of benzene rings is 2. The first-order chi connectivity index (χ1) is 9.67. The van der Waals surface area contributed by atoms with Crippen LogP contribution in [0.2, 0.25) is 0 Å². The fourth-order valence-corrected chi connectivity index (χ4v) is 2.24. The van der Waals surface area contributed by atoms with Crippen LogP contribution in [0.1, 0.15) is 25.8 Å². The van der Waals surface area contributed by atoms with Crippen molar-refractivity contribution < 1.29 is 13.5 Å². The molecular formula is C17H18F2O. The van der Waals surface area contributed by atoms with Crippen LogP contribution in [0.25, 0.3) is 10.8 Å². The summed E-state index contributed by atoms with van der Waals surface area (Å²) in [6.45, 7) is 4.07. The maximum atomic E-state index is 14.2. The minimum atomic E-state index is -0.623. The van der Waals surface area contributed by atoms with Crippen molar-refractivity contribution in [1.82, 2.24) is 0 Å². The third-order valence-electron chi connectivity index (χ3n) is 3.17. The minimum Gasteiger partial charge on any atom is -0.491 e. The van der Waals surface area contributed by atoms with Crippen LogP contribution < -0.4 is 4.74 Å². The molecule has 1 nitrogen and oxygen atoms in total. The van der Waals surface area contributed by atoms with Crippen molar-refractivity contribution in [1.29, 1.82) is 0 Å². The number of ether oxygens (including phenoxy) is 1. The number of aryl methyl sites for hydroxylation is 1. The molecule has 0 radical (unpaired) electrons. The van der Waals surface area contributed by atoms with Crippen LogP contribution in [0.4, 0.5) is 8.78 Å². The Morgan fingerprint density at radius 1 is 1.20 bits per heavy atom. The Kier molecular flexibility index (Phi) is 4.72. The lowest BCUT2D eigenvalue weighted by Gasteiger charge is -2.09. The molecule has 0 unspecified atom stereocenters. The number of rotatable bonds is 5. The standard InChI is InChI=1S/C17H18F2O/c1-3-5-6-7-12-10-13-8-9-15(20-4-2)17(19)16(13)14(18)11-12/h3,5,8-11H,4,6-7H2,1-2H3/b5-3+. The molecule has 0 spiro atoms. The van der Waals surface area contributed by atoms with E-state index in [-0.39, 0.29) is 11.1 Å². The van der Waals surface area contributed by atoms with E-state index in [0.29, 0.717) is 12.0 Å². The molecule has 0 amide bonds. The lowest BCUT2D eigenvalue weighted by atomic mass is 10.0. The first-order valence-electron chi connectivity index (χ1n) is 6.82. The molecule has 0 saturated heterocycles. The molecule has 0 aliphatic rings. The van der Waals surface area contributed by atoms with Gasteiger partial charge in [0.15, 0.2) is 11.6 Å². The third kappa shape index (κ3) is 2.98. The van der Waals surface area contributed by atoms with Gasteiger partial charge in [0.25, 0.3) is 0 Å². The second-order valence-corrected chi connectivity index (χ2v) is 4.59. The summed E-state index contributed by atoms with van der Waals surface area (Å²) in [7, 11) is 0. The molecule has 0 fully saturated rings. The van der Waals surface area contributed by atoms with Crippen LogP contribution in [-0.4, -0.2) is 6.61 Å². The summed E-state index contributed by atoms with van der Waals surface area (Å²) >= 11 is 0. The van der Waals surface area contributed by atoms with Crippen LogP contribution in [0.5, 0.6) is 5.75 Å². The average Bonchev–Trinajstić information content (AvgIpc) is 2.42. The lowest BCUT2D eigenvalue weighted by Crippen LogP contribution is -1.97. The molecule has 0 aliphatic heterocycles. The van der Waals surface area contributed by atoms with Gasteiger partial charge in [-0.1, -0.05) is 24.3 Å². The van der Waals surface area contributed by atoms with Gasteiger partial charge >= 0.3 is 0 Å². The zero-order chi connectivity index (χ0) is 14.5. The van der Waals surface area contributed by atoms with Crippen molar-refractivity contribution in [2.24, 2.45) is 0 Å². The second kappa shape index (κ2) is 6.51. The van der Waals surface area contributed by atoms with Gasteiger partial charge in [-0.25, -0.2) is 8.78 Å². The molecule has 20 heavy (non-hydrogen) atoms. The normalized spacial score (nSPS) is 11.4. The molecule has 0 bridgehead atoms. The Balaban J connectivity index is 2.43. The Hall–Kier alpha value is -1.90. The summed E-state index contributed by atoms with van der Waals surface area (Å²) in [5, 5.41) is 0.576. The zero-order valence-corrected chi connectivity index (χ0v) is 11.7. The fraction of sp³-hybridized carbons (Fsp3) is 0.294. The number of allylic oxidation sites excluding steroid dienone is 2. The summed E-state index contributed by atoms with van der Waals surface area (Å²) in [6, 6.07) is 6.49. The second-order valence-electron chi connectivity index (χ2n) is 4.59. The molecule has 106 valence electrons. The van der Waals surface area contributed by atoms with Gasteiger partial charge in [-0.2, -0.15) is 0 Å². The van der Waals surface area contributed by atoms with E-state index in [1.807, 2.05) is 25.1 Å². The SMILES string of the molecule is C/C=C/CCc1cc(F)c2c(F)c(OCC)ccc2c1. The quantitative estimate of drug-likeness (QED) is 0.696. The Bertz CT molecular complexity index is 632. The molecule has 2 aromatic carbocycles. The average molecular weight is 276 g/mol. The predicted octanol–water partition coefficient (Wildman–Crippen LogP) is 5.03. The molecule has 0 N–H and O–H groups in total. The van der Waals surface area contributed by atoms with E-state index < -0.39 is 11.6 Å². The smallest absolute Gasteiger partial charge is 0.175 e. The van der Waals surface area contributed by atoms with Crippen LogP contribution >= 0.6 is 0 Å². The van der Waals surface area contributed by atoms with Gasteiger partial charge in [-0.3, -0.25) is 0 Å². The van der Waals surface area contributed by atoms with Crippen LogP contribution in [0.3, 0.4) is 0 Å². The maximum absolute atomic E-state index is 14.2. The molecule has 0 aliphatic carbocycles. The molecule has 0 saturated carbocycles. The van der Waals surface area contributed by atoms with Gasteiger partial charge in [0.1, 0.15) is 5.82 Å². The summed E-state index contributed by atoms with van der Waals surface area (Å²) in [5.41, 5.74) is 0.872. The van der Waals surface area contributed by atoms with E-state index in [9.17, 15) is 8.78 Å². The Morgan fingerprint density at radius 3 is 2.70 bits per heavy atom. The van der Waals surface area contributed by atoms with Crippen molar-refractivity contribution in [3.8, 4) is 5.75 Å². The lowest BCUT2D eigenvalue weighted by molar-refractivity contribution is 0.323. The Morgan fingerprint density at radius 2 is 2.00 bits per heavy atom. The zero-order valence-electron chi connectivity index (χ0n) is 11.7. The number of hydrogen-bond donors (Lipinski definition) is 0.